The van der Waals surface area contributed by atoms with Crippen molar-refractivity contribution in [3.8, 4) is 11.5 Å². The molecule has 26 heavy (non-hydrogen) atoms. The van der Waals surface area contributed by atoms with E-state index in [2.05, 4.69) is 24.4 Å². The van der Waals surface area contributed by atoms with Crippen molar-refractivity contribution < 1.29 is 14.9 Å². The van der Waals surface area contributed by atoms with Gasteiger partial charge in [-0.05, 0) is 61.4 Å². The summed E-state index contributed by atoms with van der Waals surface area (Å²) in [6.07, 6.45) is 3.29. The van der Waals surface area contributed by atoms with Gasteiger partial charge in [0.2, 0.25) is 0 Å². The van der Waals surface area contributed by atoms with Crippen molar-refractivity contribution in [3.63, 3.8) is 0 Å². The van der Waals surface area contributed by atoms with Crippen LogP contribution in [0.5, 0.6) is 11.5 Å². The number of aryl methyl sites for hydroxylation is 1. The Morgan fingerprint density at radius 3 is 2.46 bits per heavy atom. The first-order valence-corrected chi connectivity index (χ1v) is 9.67. The van der Waals surface area contributed by atoms with Gasteiger partial charge in [-0.3, -0.25) is 0 Å². The highest BCUT2D eigenvalue weighted by molar-refractivity contribution is 7.98. The van der Waals surface area contributed by atoms with E-state index in [1.165, 1.54) is 17.3 Å². The summed E-state index contributed by atoms with van der Waals surface area (Å²) < 4.78 is 5.17. The van der Waals surface area contributed by atoms with E-state index in [0.29, 0.717) is 12.6 Å². The molecule has 2 atom stereocenters. The van der Waals surface area contributed by atoms with Crippen LogP contribution in [0, 0.1) is 0 Å². The van der Waals surface area contributed by atoms with Crippen molar-refractivity contribution >= 4 is 24.2 Å². The number of aliphatic hydroxyl groups excluding tert-OH is 1. The van der Waals surface area contributed by atoms with E-state index in [1.807, 2.05) is 24.5 Å². The molecule has 0 aliphatic rings. The molecular formula is C20H28ClNO3S. The average molecular weight is 398 g/mol. The van der Waals surface area contributed by atoms with Crippen LogP contribution in [-0.4, -0.2) is 36.2 Å². The predicted molar refractivity (Wildman–Crippen MR) is 111 cm³/mol. The number of benzene rings is 2. The molecule has 4 nitrogen and oxygen atoms in total. The summed E-state index contributed by atoms with van der Waals surface area (Å²) in [5.41, 5.74) is 2.09. The first-order chi connectivity index (χ1) is 12.0. The standard InChI is InChI=1S/C20H27NO3S.ClH/c1-14(4-5-15-6-9-17(24-2)10-7-15)21-13-19(23)16-8-11-18(22)20(12-16)25-3;/h6-12,14,19,21-23H,4-5,13H2,1-3H3;1H. The van der Waals surface area contributed by atoms with Crippen LogP contribution in [0.4, 0.5) is 0 Å². The molecule has 2 aromatic carbocycles. The number of aromatic hydroxyl groups is 1. The Kier molecular flexibility index (Phi) is 9.88. The van der Waals surface area contributed by atoms with Crippen LogP contribution in [0.15, 0.2) is 47.4 Å². The first-order valence-electron chi connectivity index (χ1n) is 8.44. The Balaban J connectivity index is 0.00000338. The van der Waals surface area contributed by atoms with Crippen molar-refractivity contribution in [1.82, 2.24) is 5.32 Å². The van der Waals surface area contributed by atoms with Crippen molar-refractivity contribution in [2.24, 2.45) is 0 Å². The molecule has 6 heteroatoms. The Hall–Kier alpha value is -1.40. The zero-order chi connectivity index (χ0) is 18.2. The molecule has 2 rings (SSSR count). The van der Waals surface area contributed by atoms with E-state index >= 15 is 0 Å². The maximum Gasteiger partial charge on any atom is 0.129 e. The third-order valence-corrected chi connectivity index (χ3v) is 5.04. The predicted octanol–water partition coefficient (Wildman–Crippen LogP) is 4.19. The summed E-state index contributed by atoms with van der Waals surface area (Å²) in [4.78, 5) is 0.782. The number of rotatable bonds is 9. The second-order valence-corrected chi connectivity index (χ2v) is 6.99. The van der Waals surface area contributed by atoms with Gasteiger partial charge < -0.3 is 20.3 Å². The minimum absolute atomic E-state index is 0. The Bertz CT molecular complexity index is 667. The highest BCUT2D eigenvalue weighted by Gasteiger charge is 2.12. The normalized spacial score (nSPS) is 12.9. The van der Waals surface area contributed by atoms with Gasteiger partial charge in [0.25, 0.3) is 0 Å². The molecule has 2 unspecified atom stereocenters. The van der Waals surface area contributed by atoms with Gasteiger partial charge in [-0.1, -0.05) is 18.2 Å². The van der Waals surface area contributed by atoms with Crippen molar-refractivity contribution in [2.45, 2.75) is 36.8 Å². The molecule has 0 fully saturated rings. The summed E-state index contributed by atoms with van der Waals surface area (Å²) in [6.45, 7) is 2.61. The number of hydrogen-bond acceptors (Lipinski definition) is 5. The second-order valence-electron chi connectivity index (χ2n) is 6.14. The number of phenols is 1. The third-order valence-electron chi connectivity index (χ3n) is 4.27. The maximum atomic E-state index is 10.4. The lowest BCUT2D eigenvalue weighted by atomic mass is 10.1. The largest absolute Gasteiger partial charge is 0.507 e. The Morgan fingerprint density at radius 2 is 1.85 bits per heavy atom. The Morgan fingerprint density at radius 1 is 1.15 bits per heavy atom. The number of hydrogen-bond donors (Lipinski definition) is 3. The van der Waals surface area contributed by atoms with Crippen LogP contribution in [0.1, 0.15) is 30.6 Å². The van der Waals surface area contributed by atoms with Crippen LogP contribution in [0.2, 0.25) is 0 Å². The third kappa shape index (κ3) is 6.72. The minimum atomic E-state index is -0.588. The topological polar surface area (TPSA) is 61.7 Å². The molecule has 0 aliphatic heterocycles. The van der Waals surface area contributed by atoms with Gasteiger partial charge >= 0.3 is 0 Å². The van der Waals surface area contributed by atoms with Crippen molar-refractivity contribution in [2.75, 3.05) is 19.9 Å². The smallest absolute Gasteiger partial charge is 0.129 e. The van der Waals surface area contributed by atoms with E-state index in [-0.39, 0.29) is 18.2 Å². The lowest BCUT2D eigenvalue weighted by Crippen LogP contribution is -2.30. The van der Waals surface area contributed by atoms with Crippen LogP contribution >= 0.6 is 24.2 Å². The highest BCUT2D eigenvalue weighted by Crippen LogP contribution is 2.29. The molecule has 0 amide bonds. The number of methoxy groups -OCH3 is 1. The lowest BCUT2D eigenvalue weighted by molar-refractivity contribution is 0.169. The van der Waals surface area contributed by atoms with E-state index < -0.39 is 6.10 Å². The number of phenolic OH excluding ortho intramolecular Hbond substituents is 1. The number of thioether (sulfide) groups is 1. The number of aliphatic hydroxyl groups is 1. The van der Waals surface area contributed by atoms with Gasteiger partial charge in [-0.15, -0.1) is 24.2 Å². The van der Waals surface area contributed by atoms with Gasteiger partial charge in [0.15, 0.2) is 0 Å². The molecule has 0 saturated carbocycles. The van der Waals surface area contributed by atoms with Crippen LogP contribution < -0.4 is 10.1 Å². The molecule has 0 heterocycles. The average Bonchev–Trinajstić information content (AvgIpc) is 2.65. The van der Waals surface area contributed by atoms with Crippen LogP contribution in [0.3, 0.4) is 0 Å². The zero-order valence-corrected chi connectivity index (χ0v) is 17.1. The fraction of sp³-hybridized carbons (Fsp3) is 0.400. The molecule has 0 bridgehead atoms. The molecule has 0 spiro atoms. The quantitative estimate of drug-likeness (QED) is 0.554. The lowest BCUT2D eigenvalue weighted by Gasteiger charge is -2.18. The number of halogens is 1. The fourth-order valence-corrected chi connectivity index (χ4v) is 3.14. The van der Waals surface area contributed by atoms with Crippen LogP contribution in [-0.2, 0) is 6.42 Å². The molecule has 0 aromatic heterocycles. The molecule has 144 valence electrons. The maximum absolute atomic E-state index is 10.4. The molecule has 0 radical (unpaired) electrons. The first kappa shape index (κ1) is 22.6. The summed E-state index contributed by atoms with van der Waals surface area (Å²) in [6, 6.07) is 13.7. The van der Waals surface area contributed by atoms with Crippen molar-refractivity contribution in [3.05, 3.63) is 53.6 Å². The van der Waals surface area contributed by atoms with E-state index in [0.717, 1.165) is 29.1 Å². The monoisotopic (exact) mass is 397 g/mol. The number of ether oxygens (including phenoxy) is 1. The highest BCUT2D eigenvalue weighted by atomic mass is 35.5. The van der Waals surface area contributed by atoms with E-state index in [1.54, 1.807) is 19.2 Å². The second kappa shape index (κ2) is 11.3. The van der Waals surface area contributed by atoms with E-state index in [9.17, 15) is 10.2 Å². The van der Waals surface area contributed by atoms with Gasteiger partial charge in [0.1, 0.15) is 11.5 Å². The van der Waals surface area contributed by atoms with Gasteiger partial charge in [-0.25, -0.2) is 0 Å². The summed E-state index contributed by atoms with van der Waals surface area (Å²) in [5, 5.41) is 23.5. The van der Waals surface area contributed by atoms with Gasteiger partial charge in [0, 0.05) is 17.5 Å². The molecule has 3 N–H and O–H groups in total. The van der Waals surface area contributed by atoms with Gasteiger partial charge in [-0.2, -0.15) is 0 Å². The Labute approximate surface area is 166 Å². The molecular weight excluding hydrogens is 370 g/mol. The molecule has 0 aliphatic carbocycles. The SMILES string of the molecule is COc1ccc(CCC(C)NCC(O)c2ccc(O)c(SC)c2)cc1.Cl. The number of nitrogens with one attached hydrogen (secondary N) is 1. The van der Waals surface area contributed by atoms with Crippen LogP contribution in [0.25, 0.3) is 0 Å². The van der Waals surface area contributed by atoms with Gasteiger partial charge in [0.05, 0.1) is 13.2 Å². The summed E-state index contributed by atoms with van der Waals surface area (Å²) in [5.74, 6) is 1.13. The zero-order valence-electron chi connectivity index (χ0n) is 15.4. The van der Waals surface area contributed by atoms with Crippen molar-refractivity contribution in [1.29, 1.82) is 0 Å². The molecule has 0 saturated heterocycles. The summed E-state index contributed by atoms with van der Waals surface area (Å²) >= 11 is 1.47. The summed E-state index contributed by atoms with van der Waals surface area (Å²) in [7, 11) is 1.67. The minimum Gasteiger partial charge on any atom is -0.507 e. The molecule has 2 aromatic rings. The fourth-order valence-electron chi connectivity index (χ4n) is 2.61. The van der Waals surface area contributed by atoms with E-state index in [4.69, 9.17) is 4.74 Å².